The molecule has 0 aliphatic rings. The molecule has 31 valence electrons. The number of H-pyrrole nitrogens is 1. The topological polar surface area (TPSA) is 52.5 Å². The van der Waals surface area contributed by atoms with Gasteiger partial charge in [0.2, 0.25) is 0 Å². The van der Waals surface area contributed by atoms with E-state index in [9.17, 15) is 0 Å². The van der Waals surface area contributed by atoms with Crippen molar-refractivity contribution in [2.24, 2.45) is 0 Å². The molecule has 2 N–H and O–H groups in total. The lowest BCUT2D eigenvalue weighted by Gasteiger charge is -1.67. The van der Waals surface area contributed by atoms with Gasteiger partial charge in [-0.3, -0.25) is 10.8 Å². The summed E-state index contributed by atoms with van der Waals surface area (Å²) in [5, 5.41) is 5.93. The molecule has 0 aromatic carbocycles. The second-order valence-corrected chi connectivity index (χ2v) is 0.970. The standard InChI is InChI=1S/C3H4N3/c4-3-1-2-5-6-3/h1-2,4H,(H,5,6). The number of aromatic amines is 1. The van der Waals surface area contributed by atoms with E-state index in [1.807, 2.05) is 0 Å². The molecule has 1 aromatic rings. The van der Waals surface area contributed by atoms with E-state index in [0.29, 0.717) is 5.82 Å². The van der Waals surface area contributed by atoms with E-state index < -0.39 is 0 Å². The van der Waals surface area contributed by atoms with Crippen molar-refractivity contribution in [3.05, 3.63) is 12.3 Å². The first-order chi connectivity index (χ1) is 2.89. The van der Waals surface area contributed by atoms with E-state index in [1.165, 1.54) is 0 Å². The molecule has 0 aliphatic carbocycles. The highest BCUT2D eigenvalue weighted by Crippen LogP contribution is 1.89. The maximum Gasteiger partial charge on any atom is 0.140 e. The summed E-state index contributed by atoms with van der Waals surface area (Å²) in [4.78, 5) is 0. The molecule has 1 rings (SSSR count). The van der Waals surface area contributed by atoms with Gasteiger partial charge in [0.05, 0.1) is 6.20 Å². The van der Waals surface area contributed by atoms with Gasteiger partial charge in [-0.2, -0.15) is 5.10 Å². The summed E-state index contributed by atoms with van der Waals surface area (Å²) in [6.45, 7) is 0. The van der Waals surface area contributed by atoms with Crippen LogP contribution in [0.4, 0.5) is 5.82 Å². The molecule has 0 fully saturated rings. The molecule has 0 saturated carbocycles. The van der Waals surface area contributed by atoms with Gasteiger partial charge in [0.1, 0.15) is 5.82 Å². The third-order valence-corrected chi connectivity index (χ3v) is 0.501. The van der Waals surface area contributed by atoms with Gasteiger partial charge in [0.25, 0.3) is 0 Å². The van der Waals surface area contributed by atoms with Crippen molar-refractivity contribution >= 4 is 5.82 Å². The number of aromatic nitrogens is 2. The Morgan fingerprint density at radius 2 is 2.67 bits per heavy atom. The molecule has 0 unspecified atom stereocenters. The lowest BCUT2D eigenvalue weighted by atomic mass is 10.7. The fourth-order valence-electron chi connectivity index (χ4n) is 0.256. The Balaban J connectivity index is 3.05. The third-order valence-electron chi connectivity index (χ3n) is 0.501. The summed E-state index contributed by atoms with van der Waals surface area (Å²) in [6, 6.07) is 1.58. The van der Waals surface area contributed by atoms with Gasteiger partial charge < -0.3 is 0 Å². The molecule has 0 amide bonds. The van der Waals surface area contributed by atoms with Gasteiger partial charge in [0, 0.05) is 6.07 Å². The van der Waals surface area contributed by atoms with Gasteiger partial charge in [-0.1, -0.05) is 0 Å². The van der Waals surface area contributed by atoms with Crippen LogP contribution in [0, 0.1) is 0 Å². The minimum absolute atomic E-state index is 0.356. The fraction of sp³-hybridized carbons (Fsp3) is 0. The minimum atomic E-state index is 0.356. The highest BCUT2D eigenvalue weighted by Gasteiger charge is 1.75. The molecule has 6 heavy (non-hydrogen) atoms. The van der Waals surface area contributed by atoms with Crippen LogP contribution < -0.4 is 5.73 Å². The first-order valence-corrected chi connectivity index (χ1v) is 1.60. The largest absolute Gasteiger partial charge is 0.283 e. The summed E-state index contributed by atoms with van der Waals surface area (Å²) in [5.41, 5.74) is 6.76. The number of hydrogen-bond acceptors (Lipinski definition) is 1. The molecule has 3 heteroatoms. The number of nitrogens with one attached hydrogen (secondary N) is 2. The summed E-state index contributed by atoms with van der Waals surface area (Å²) in [6.07, 6.45) is 1.54. The van der Waals surface area contributed by atoms with Crippen LogP contribution in [0.25, 0.3) is 0 Å². The Labute approximate surface area is 35.2 Å². The molecule has 0 aliphatic heterocycles. The number of nitrogens with zero attached hydrogens (tertiary/aromatic N) is 1. The minimum Gasteiger partial charge on any atom is -0.283 e. The molecule has 0 atom stereocenters. The average molecular weight is 82.1 g/mol. The Kier molecular flexibility index (Phi) is 0.538. The summed E-state index contributed by atoms with van der Waals surface area (Å²) >= 11 is 0. The Morgan fingerprint density at radius 1 is 1.83 bits per heavy atom. The van der Waals surface area contributed by atoms with Crippen LogP contribution in [-0.4, -0.2) is 10.2 Å². The van der Waals surface area contributed by atoms with Gasteiger partial charge in [0.15, 0.2) is 0 Å². The van der Waals surface area contributed by atoms with E-state index in [4.69, 9.17) is 5.73 Å². The fourth-order valence-corrected chi connectivity index (χ4v) is 0.256. The van der Waals surface area contributed by atoms with Crippen LogP contribution in [0.3, 0.4) is 0 Å². The predicted octanol–water partition coefficient (Wildman–Crippen LogP) is 0.324. The van der Waals surface area contributed by atoms with Crippen molar-refractivity contribution in [3.8, 4) is 0 Å². The molecule has 1 aromatic heterocycles. The third kappa shape index (κ3) is 0.337. The Bertz CT molecular complexity index is 110. The maximum atomic E-state index is 6.76. The quantitative estimate of drug-likeness (QED) is 0.481. The SMILES string of the molecule is [NH]c1ccn[nH]1. The van der Waals surface area contributed by atoms with Gasteiger partial charge in [-0.15, -0.1) is 0 Å². The van der Waals surface area contributed by atoms with E-state index in [-0.39, 0.29) is 0 Å². The Hall–Kier alpha value is -0.990. The molecular weight excluding hydrogens is 78.1 g/mol. The summed E-state index contributed by atoms with van der Waals surface area (Å²) in [7, 11) is 0. The van der Waals surface area contributed by atoms with Crippen molar-refractivity contribution in [2.45, 2.75) is 0 Å². The average Bonchev–Trinajstić information content (AvgIpc) is 1.86. The molecule has 0 spiro atoms. The lowest BCUT2D eigenvalue weighted by molar-refractivity contribution is 1.08. The van der Waals surface area contributed by atoms with Crippen molar-refractivity contribution in [1.29, 1.82) is 0 Å². The second-order valence-electron chi connectivity index (χ2n) is 0.970. The molecule has 1 radical (unpaired) electrons. The molecule has 0 saturated heterocycles. The number of rotatable bonds is 0. The lowest BCUT2D eigenvalue weighted by Crippen LogP contribution is -1.64. The smallest absolute Gasteiger partial charge is 0.140 e. The zero-order valence-corrected chi connectivity index (χ0v) is 3.10. The van der Waals surface area contributed by atoms with Crippen molar-refractivity contribution in [1.82, 2.24) is 15.9 Å². The monoisotopic (exact) mass is 82.0 g/mol. The Morgan fingerprint density at radius 3 is 2.83 bits per heavy atom. The molecule has 0 bridgehead atoms. The van der Waals surface area contributed by atoms with Crippen LogP contribution in [0.5, 0.6) is 0 Å². The number of hydrogen-bond donors (Lipinski definition) is 1. The van der Waals surface area contributed by atoms with Crippen LogP contribution in [0.1, 0.15) is 0 Å². The summed E-state index contributed by atoms with van der Waals surface area (Å²) in [5.74, 6) is 0.356. The zero-order valence-electron chi connectivity index (χ0n) is 3.10. The molecule has 1 heterocycles. The predicted molar refractivity (Wildman–Crippen MR) is 21.3 cm³/mol. The van der Waals surface area contributed by atoms with E-state index in [0.717, 1.165) is 0 Å². The van der Waals surface area contributed by atoms with E-state index in [2.05, 4.69) is 10.2 Å². The zero-order chi connectivity index (χ0) is 4.41. The molecular formula is C3H4N3. The summed E-state index contributed by atoms with van der Waals surface area (Å²) < 4.78 is 0. The highest BCUT2D eigenvalue weighted by atomic mass is 15.1. The van der Waals surface area contributed by atoms with Crippen LogP contribution in [-0.2, 0) is 0 Å². The second kappa shape index (κ2) is 1.01. The van der Waals surface area contributed by atoms with Crippen LogP contribution >= 0.6 is 0 Å². The van der Waals surface area contributed by atoms with E-state index >= 15 is 0 Å². The van der Waals surface area contributed by atoms with Crippen LogP contribution in [0.15, 0.2) is 12.3 Å². The van der Waals surface area contributed by atoms with Gasteiger partial charge in [-0.25, -0.2) is 0 Å². The normalized spacial score (nSPS) is 8.67. The maximum absolute atomic E-state index is 6.76. The first-order valence-electron chi connectivity index (χ1n) is 1.60. The van der Waals surface area contributed by atoms with Crippen molar-refractivity contribution in [3.63, 3.8) is 0 Å². The van der Waals surface area contributed by atoms with Crippen LogP contribution in [0.2, 0.25) is 0 Å². The van der Waals surface area contributed by atoms with Crippen molar-refractivity contribution < 1.29 is 0 Å². The highest BCUT2D eigenvalue weighted by molar-refractivity contribution is 5.17. The van der Waals surface area contributed by atoms with E-state index in [1.54, 1.807) is 12.3 Å². The molecule has 3 nitrogen and oxygen atoms in total. The van der Waals surface area contributed by atoms with Gasteiger partial charge in [-0.05, 0) is 0 Å². The van der Waals surface area contributed by atoms with Gasteiger partial charge >= 0.3 is 0 Å². The first kappa shape index (κ1) is 3.21. The van der Waals surface area contributed by atoms with Crippen molar-refractivity contribution in [2.75, 3.05) is 0 Å².